The van der Waals surface area contributed by atoms with Gasteiger partial charge in [0.25, 0.3) is 0 Å². The molecule has 4 nitrogen and oxygen atoms in total. The highest BCUT2D eigenvalue weighted by molar-refractivity contribution is 5.69. The Bertz CT molecular complexity index is 234. The Morgan fingerprint density at radius 2 is 1.84 bits per heavy atom. The summed E-state index contributed by atoms with van der Waals surface area (Å²) in [6.45, 7) is 12.2. The van der Waals surface area contributed by atoms with Gasteiger partial charge in [0.2, 0.25) is 0 Å². The van der Waals surface area contributed by atoms with Crippen LogP contribution in [0.15, 0.2) is 0 Å². The third-order valence-electron chi connectivity index (χ3n) is 2.78. The number of carbonyl (C=O) groups excluding carboxylic acids is 1. The Morgan fingerprint density at radius 1 is 1.21 bits per heavy atom. The number of hydrogen-bond donors (Lipinski definition) is 0. The van der Waals surface area contributed by atoms with Crippen molar-refractivity contribution in [2.45, 2.75) is 40.5 Å². The summed E-state index contributed by atoms with van der Waals surface area (Å²) < 4.78 is 4.81. The van der Waals surface area contributed by atoms with E-state index in [1.165, 1.54) is 13.0 Å². The number of amides is 1. The molecule has 0 bridgehead atoms. The van der Waals surface area contributed by atoms with Crippen LogP contribution in [0.5, 0.6) is 0 Å². The second-order valence-electron chi connectivity index (χ2n) is 6.29. The molecular weight excluding hydrogens is 240 g/mol. The molecule has 0 aromatic carbocycles. The van der Waals surface area contributed by atoms with E-state index in [0.717, 1.165) is 31.3 Å². The molecule has 0 aromatic heterocycles. The van der Waals surface area contributed by atoms with Crippen LogP contribution in [0, 0.1) is 11.8 Å². The summed E-state index contributed by atoms with van der Waals surface area (Å²) in [5.74, 6) is 1.53. The van der Waals surface area contributed by atoms with Crippen molar-refractivity contribution in [2.24, 2.45) is 11.8 Å². The lowest BCUT2D eigenvalue weighted by molar-refractivity contribution is 0.157. The van der Waals surface area contributed by atoms with Crippen LogP contribution in [-0.4, -0.2) is 56.2 Å². The molecule has 1 rings (SSSR count). The van der Waals surface area contributed by atoms with Gasteiger partial charge in [-0.1, -0.05) is 27.7 Å². The van der Waals surface area contributed by atoms with Gasteiger partial charge in [-0.2, -0.15) is 0 Å². The lowest BCUT2D eigenvalue weighted by Gasteiger charge is -2.12. The fourth-order valence-corrected chi connectivity index (χ4v) is 2.05. The van der Waals surface area contributed by atoms with Crippen LogP contribution in [0.4, 0.5) is 4.79 Å². The van der Waals surface area contributed by atoms with E-state index in [0.29, 0.717) is 6.61 Å². The van der Waals surface area contributed by atoms with Gasteiger partial charge >= 0.3 is 6.09 Å². The topological polar surface area (TPSA) is 32.8 Å². The van der Waals surface area contributed by atoms with Crippen molar-refractivity contribution in [3.63, 3.8) is 0 Å². The Kier molecular flexibility index (Phi) is 9.66. The van der Waals surface area contributed by atoms with E-state index >= 15 is 0 Å². The zero-order valence-corrected chi connectivity index (χ0v) is 13.6. The molecule has 0 unspecified atom stereocenters. The average molecular weight is 272 g/mol. The molecule has 1 aliphatic heterocycles. The van der Waals surface area contributed by atoms with E-state index in [1.807, 2.05) is 0 Å². The maximum atomic E-state index is 11.0. The van der Waals surface area contributed by atoms with Gasteiger partial charge in [0.15, 0.2) is 0 Å². The molecule has 1 fully saturated rings. The lowest BCUT2D eigenvalue weighted by Crippen LogP contribution is -2.25. The summed E-state index contributed by atoms with van der Waals surface area (Å²) in [5.41, 5.74) is 0. The van der Waals surface area contributed by atoms with Crippen LogP contribution in [0.3, 0.4) is 0 Å². The summed E-state index contributed by atoms with van der Waals surface area (Å²) in [6, 6.07) is 0. The highest BCUT2D eigenvalue weighted by Gasteiger charge is 2.20. The highest BCUT2D eigenvalue weighted by atomic mass is 16.6. The van der Waals surface area contributed by atoms with Crippen molar-refractivity contribution in [3.05, 3.63) is 0 Å². The summed E-state index contributed by atoms with van der Waals surface area (Å²) in [6.07, 6.45) is 2.13. The SMILES string of the molecule is CC(C)CCCN1CCOC1=O.CC(C)CN(C)C. The molecule has 1 aliphatic rings. The Hall–Kier alpha value is -0.770. The number of rotatable bonds is 6. The number of carbonyl (C=O) groups is 1. The standard InChI is InChI=1S/C9H17NO2.C6H15N/c1-8(2)4-3-5-10-6-7-12-9(10)11;1-6(2)5-7(3)4/h8H,3-7H2,1-2H3;6H,5H2,1-4H3. The minimum absolute atomic E-state index is 0.140. The normalized spacial score (nSPS) is 15.0. The van der Waals surface area contributed by atoms with E-state index in [1.54, 1.807) is 4.90 Å². The first-order chi connectivity index (χ1) is 8.82. The van der Waals surface area contributed by atoms with Crippen molar-refractivity contribution in [1.82, 2.24) is 9.80 Å². The molecule has 0 aliphatic carbocycles. The number of hydrogen-bond acceptors (Lipinski definition) is 3. The molecular formula is C15H32N2O2. The van der Waals surface area contributed by atoms with Crippen molar-refractivity contribution in [2.75, 3.05) is 40.3 Å². The highest BCUT2D eigenvalue weighted by Crippen LogP contribution is 2.08. The fourth-order valence-electron chi connectivity index (χ4n) is 2.05. The third kappa shape index (κ3) is 10.8. The first-order valence-electron chi connectivity index (χ1n) is 7.39. The molecule has 1 amide bonds. The monoisotopic (exact) mass is 272 g/mol. The quantitative estimate of drug-likeness (QED) is 0.745. The molecule has 0 spiro atoms. The first kappa shape index (κ1) is 18.2. The Labute approximate surface area is 119 Å². The molecule has 1 heterocycles. The van der Waals surface area contributed by atoms with Gasteiger partial charge in [0.05, 0.1) is 6.54 Å². The minimum Gasteiger partial charge on any atom is -0.448 e. The van der Waals surface area contributed by atoms with Crippen molar-refractivity contribution >= 4 is 6.09 Å². The summed E-state index contributed by atoms with van der Waals surface area (Å²) >= 11 is 0. The van der Waals surface area contributed by atoms with Crippen molar-refractivity contribution in [1.29, 1.82) is 0 Å². The Morgan fingerprint density at radius 3 is 2.16 bits per heavy atom. The number of ether oxygens (including phenoxy) is 1. The molecule has 4 heteroatoms. The van der Waals surface area contributed by atoms with Gasteiger partial charge < -0.3 is 14.5 Å². The van der Waals surface area contributed by atoms with E-state index in [9.17, 15) is 4.79 Å². The molecule has 0 atom stereocenters. The van der Waals surface area contributed by atoms with Gasteiger partial charge in [-0.05, 0) is 45.3 Å². The van der Waals surface area contributed by atoms with Crippen LogP contribution in [-0.2, 0) is 4.74 Å². The second-order valence-corrected chi connectivity index (χ2v) is 6.29. The molecule has 0 N–H and O–H groups in total. The van der Waals surface area contributed by atoms with Crippen LogP contribution < -0.4 is 0 Å². The van der Waals surface area contributed by atoms with E-state index in [-0.39, 0.29) is 6.09 Å². The largest absolute Gasteiger partial charge is 0.448 e. The van der Waals surface area contributed by atoms with E-state index in [4.69, 9.17) is 4.74 Å². The summed E-state index contributed by atoms with van der Waals surface area (Å²) in [7, 11) is 4.19. The predicted molar refractivity (Wildman–Crippen MR) is 80.4 cm³/mol. The first-order valence-corrected chi connectivity index (χ1v) is 7.39. The summed E-state index contributed by atoms with van der Waals surface area (Å²) in [4.78, 5) is 14.9. The third-order valence-corrected chi connectivity index (χ3v) is 2.78. The molecule has 0 radical (unpaired) electrons. The molecule has 1 saturated heterocycles. The molecule has 0 saturated carbocycles. The predicted octanol–water partition coefficient (Wildman–Crippen LogP) is 3.08. The van der Waals surface area contributed by atoms with Gasteiger partial charge in [0, 0.05) is 6.54 Å². The van der Waals surface area contributed by atoms with Crippen molar-refractivity contribution in [3.8, 4) is 0 Å². The fraction of sp³-hybridized carbons (Fsp3) is 0.933. The summed E-state index contributed by atoms with van der Waals surface area (Å²) in [5, 5.41) is 0. The van der Waals surface area contributed by atoms with Gasteiger partial charge in [-0.15, -0.1) is 0 Å². The molecule has 114 valence electrons. The van der Waals surface area contributed by atoms with Crippen LogP contribution in [0.25, 0.3) is 0 Å². The second kappa shape index (κ2) is 10.1. The van der Waals surface area contributed by atoms with Crippen LogP contribution in [0.2, 0.25) is 0 Å². The zero-order valence-electron chi connectivity index (χ0n) is 13.6. The number of nitrogens with zero attached hydrogens (tertiary/aromatic N) is 2. The minimum atomic E-state index is -0.140. The van der Waals surface area contributed by atoms with E-state index < -0.39 is 0 Å². The smallest absolute Gasteiger partial charge is 0.409 e. The molecule has 19 heavy (non-hydrogen) atoms. The Balaban J connectivity index is 0.000000399. The van der Waals surface area contributed by atoms with E-state index in [2.05, 4.69) is 46.7 Å². The number of cyclic esters (lactones) is 1. The average Bonchev–Trinajstić information content (AvgIpc) is 2.62. The maximum Gasteiger partial charge on any atom is 0.409 e. The molecule has 0 aromatic rings. The van der Waals surface area contributed by atoms with Gasteiger partial charge in [0.1, 0.15) is 6.61 Å². The van der Waals surface area contributed by atoms with Crippen LogP contribution in [0.1, 0.15) is 40.5 Å². The lowest BCUT2D eigenvalue weighted by atomic mass is 10.1. The zero-order chi connectivity index (χ0) is 14.8. The van der Waals surface area contributed by atoms with Gasteiger partial charge in [-0.25, -0.2) is 4.79 Å². The van der Waals surface area contributed by atoms with Crippen molar-refractivity contribution < 1.29 is 9.53 Å². The van der Waals surface area contributed by atoms with Crippen LogP contribution >= 0.6 is 0 Å². The maximum absolute atomic E-state index is 11.0. The van der Waals surface area contributed by atoms with Gasteiger partial charge in [-0.3, -0.25) is 0 Å².